The van der Waals surface area contributed by atoms with Gasteiger partial charge in [-0.05, 0) is 31.3 Å². The molecule has 1 aliphatic rings. The Morgan fingerprint density at radius 1 is 1.38 bits per heavy atom. The first kappa shape index (κ1) is 16.5. The number of carbonyl (C=O) groups is 1. The molecule has 1 N–H and O–H groups in total. The zero-order chi connectivity index (χ0) is 17.1. The zero-order valence-corrected chi connectivity index (χ0v) is 13.8. The maximum atomic E-state index is 12.6. The van der Waals surface area contributed by atoms with Gasteiger partial charge in [-0.3, -0.25) is 9.69 Å². The largest absolute Gasteiger partial charge is 0.497 e. The minimum atomic E-state index is -0.593. The van der Waals surface area contributed by atoms with Crippen molar-refractivity contribution < 1.29 is 19.2 Å². The van der Waals surface area contributed by atoms with Gasteiger partial charge in [-0.2, -0.15) is 0 Å². The van der Waals surface area contributed by atoms with Gasteiger partial charge in [0.05, 0.1) is 24.9 Å². The SMILES string of the molecule is COc1ccc(C(=O)N2C[C@H](O)[C@@H](N(C)Cc3ccon3)C2)cc1. The Hall–Kier alpha value is -2.38. The van der Waals surface area contributed by atoms with Gasteiger partial charge < -0.3 is 19.3 Å². The highest BCUT2D eigenvalue weighted by atomic mass is 16.5. The normalized spacial score (nSPS) is 20.6. The van der Waals surface area contributed by atoms with E-state index in [0.29, 0.717) is 30.9 Å². The number of likely N-dealkylation sites (tertiary alicyclic amines) is 1. The molecule has 0 bridgehead atoms. The number of β-amino-alcohol motifs (C(OH)–C–C–N with tert-alkyl or cyclic N) is 1. The van der Waals surface area contributed by atoms with Gasteiger partial charge in [-0.15, -0.1) is 0 Å². The van der Waals surface area contributed by atoms with Gasteiger partial charge in [-0.25, -0.2) is 0 Å². The molecule has 7 heteroatoms. The molecule has 0 unspecified atom stereocenters. The van der Waals surface area contributed by atoms with Crippen molar-refractivity contribution in [1.29, 1.82) is 0 Å². The van der Waals surface area contributed by atoms with Crippen LogP contribution in [0.4, 0.5) is 0 Å². The summed E-state index contributed by atoms with van der Waals surface area (Å²) in [5.41, 5.74) is 1.38. The summed E-state index contributed by atoms with van der Waals surface area (Å²) in [5, 5.41) is 14.2. The first-order valence-corrected chi connectivity index (χ1v) is 7.79. The predicted octanol–water partition coefficient (Wildman–Crippen LogP) is 1.00. The molecular weight excluding hydrogens is 310 g/mol. The predicted molar refractivity (Wildman–Crippen MR) is 86.7 cm³/mol. The number of amides is 1. The molecule has 1 aliphatic heterocycles. The van der Waals surface area contributed by atoms with E-state index < -0.39 is 6.10 Å². The van der Waals surface area contributed by atoms with E-state index in [0.717, 1.165) is 5.69 Å². The van der Waals surface area contributed by atoms with E-state index >= 15 is 0 Å². The van der Waals surface area contributed by atoms with Crippen LogP contribution in [0.15, 0.2) is 41.1 Å². The summed E-state index contributed by atoms with van der Waals surface area (Å²) in [5.74, 6) is 0.618. The fraction of sp³-hybridized carbons (Fsp3) is 0.412. The number of ether oxygens (including phenoxy) is 1. The van der Waals surface area contributed by atoms with E-state index in [-0.39, 0.29) is 11.9 Å². The number of rotatable bonds is 5. The number of aromatic nitrogens is 1. The lowest BCUT2D eigenvalue weighted by molar-refractivity contribution is 0.0762. The molecule has 0 spiro atoms. The van der Waals surface area contributed by atoms with Crippen LogP contribution < -0.4 is 4.74 Å². The number of hydrogen-bond donors (Lipinski definition) is 1. The standard InChI is InChI=1S/C17H21N3O4/c1-19(9-13-7-8-24-18-13)15-10-20(11-16(15)21)17(22)12-3-5-14(23-2)6-4-12/h3-8,15-16,21H,9-11H2,1-2H3/t15-,16-/m0/s1. The van der Waals surface area contributed by atoms with Crippen molar-refractivity contribution in [3.8, 4) is 5.75 Å². The van der Waals surface area contributed by atoms with Crippen molar-refractivity contribution in [2.24, 2.45) is 0 Å². The van der Waals surface area contributed by atoms with Crippen LogP contribution in [-0.4, -0.2) is 65.4 Å². The van der Waals surface area contributed by atoms with Crippen molar-refractivity contribution in [3.63, 3.8) is 0 Å². The maximum Gasteiger partial charge on any atom is 0.254 e. The highest BCUT2D eigenvalue weighted by Gasteiger charge is 2.36. The van der Waals surface area contributed by atoms with Crippen molar-refractivity contribution in [2.75, 3.05) is 27.2 Å². The molecule has 1 fully saturated rings. The maximum absolute atomic E-state index is 12.6. The number of benzene rings is 1. The van der Waals surface area contributed by atoms with Crippen LogP contribution in [0, 0.1) is 0 Å². The first-order valence-electron chi connectivity index (χ1n) is 7.79. The van der Waals surface area contributed by atoms with Gasteiger partial charge in [0.25, 0.3) is 5.91 Å². The topological polar surface area (TPSA) is 79.0 Å². The van der Waals surface area contributed by atoms with Crippen LogP contribution in [0.3, 0.4) is 0 Å². The summed E-state index contributed by atoms with van der Waals surface area (Å²) in [4.78, 5) is 16.3. The van der Waals surface area contributed by atoms with Crippen molar-refractivity contribution in [2.45, 2.75) is 18.7 Å². The van der Waals surface area contributed by atoms with Crippen LogP contribution in [0.25, 0.3) is 0 Å². The number of likely N-dealkylation sites (N-methyl/N-ethyl adjacent to an activating group) is 1. The number of carbonyl (C=O) groups excluding carboxylic acids is 1. The van der Waals surface area contributed by atoms with Gasteiger partial charge in [0.1, 0.15) is 12.0 Å². The minimum absolute atomic E-state index is 0.0889. The quantitative estimate of drug-likeness (QED) is 0.881. The monoisotopic (exact) mass is 331 g/mol. The molecule has 1 aromatic carbocycles. The summed E-state index contributed by atoms with van der Waals surface area (Å²) < 4.78 is 9.93. The first-order chi connectivity index (χ1) is 11.6. The highest BCUT2D eigenvalue weighted by molar-refractivity contribution is 5.94. The lowest BCUT2D eigenvalue weighted by atomic mass is 10.2. The van der Waals surface area contributed by atoms with Gasteiger partial charge in [0.2, 0.25) is 0 Å². The van der Waals surface area contributed by atoms with E-state index in [9.17, 15) is 9.90 Å². The number of aliphatic hydroxyl groups is 1. The summed E-state index contributed by atoms with van der Waals surface area (Å²) in [7, 11) is 3.49. The molecule has 3 rings (SSSR count). The summed E-state index contributed by atoms with van der Waals surface area (Å²) in [6, 6.07) is 8.64. The van der Waals surface area contributed by atoms with Crippen molar-refractivity contribution in [1.82, 2.24) is 15.0 Å². The molecule has 7 nitrogen and oxygen atoms in total. The molecule has 128 valence electrons. The van der Waals surface area contributed by atoms with Gasteiger partial charge in [0.15, 0.2) is 0 Å². The Labute approximate surface area is 140 Å². The molecule has 0 radical (unpaired) electrons. The molecule has 1 aromatic heterocycles. The number of methoxy groups -OCH3 is 1. The molecule has 0 aliphatic carbocycles. The highest BCUT2D eigenvalue weighted by Crippen LogP contribution is 2.20. The summed E-state index contributed by atoms with van der Waals surface area (Å²) in [6.45, 7) is 1.35. The number of aliphatic hydroxyl groups excluding tert-OH is 1. The Morgan fingerprint density at radius 2 is 2.12 bits per heavy atom. The molecule has 2 atom stereocenters. The third-order valence-electron chi connectivity index (χ3n) is 4.35. The van der Waals surface area contributed by atoms with Crippen LogP contribution in [0.2, 0.25) is 0 Å². The second-order valence-electron chi connectivity index (χ2n) is 5.98. The number of nitrogens with zero attached hydrogens (tertiary/aromatic N) is 3. The molecule has 2 heterocycles. The molecule has 24 heavy (non-hydrogen) atoms. The Morgan fingerprint density at radius 3 is 2.75 bits per heavy atom. The van der Waals surface area contributed by atoms with Crippen LogP contribution in [0.5, 0.6) is 5.75 Å². The molecule has 1 saturated heterocycles. The fourth-order valence-electron chi connectivity index (χ4n) is 2.98. The summed E-state index contributed by atoms with van der Waals surface area (Å²) >= 11 is 0. The second-order valence-corrected chi connectivity index (χ2v) is 5.98. The average Bonchev–Trinajstić information content (AvgIpc) is 3.23. The average molecular weight is 331 g/mol. The Balaban J connectivity index is 1.64. The second kappa shape index (κ2) is 7.02. The third kappa shape index (κ3) is 3.42. The van der Waals surface area contributed by atoms with Crippen LogP contribution >= 0.6 is 0 Å². The van der Waals surface area contributed by atoms with E-state index in [2.05, 4.69) is 5.16 Å². The zero-order valence-electron chi connectivity index (χ0n) is 13.8. The van der Waals surface area contributed by atoms with E-state index in [4.69, 9.17) is 9.26 Å². The van der Waals surface area contributed by atoms with Gasteiger partial charge >= 0.3 is 0 Å². The van der Waals surface area contributed by atoms with E-state index in [1.807, 2.05) is 11.9 Å². The molecule has 1 amide bonds. The Bertz CT molecular complexity index is 672. The third-order valence-corrected chi connectivity index (χ3v) is 4.35. The van der Waals surface area contributed by atoms with Gasteiger partial charge in [-0.1, -0.05) is 5.16 Å². The smallest absolute Gasteiger partial charge is 0.254 e. The van der Waals surface area contributed by atoms with Gasteiger partial charge in [0, 0.05) is 31.3 Å². The van der Waals surface area contributed by atoms with E-state index in [1.54, 1.807) is 42.3 Å². The lowest BCUT2D eigenvalue weighted by Gasteiger charge is -2.25. The molecule has 0 saturated carbocycles. The Kier molecular flexibility index (Phi) is 4.82. The van der Waals surface area contributed by atoms with E-state index in [1.165, 1.54) is 6.26 Å². The minimum Gasteiger partial charge on any atom is -0.497 e. The number of hydrogen-bond acceptors (Lipinski definition) is 6. The van der Waals surface area contributed by atoms with Crippen LogP contribution in [0.1, 0.15) is 16.1 Å². The lowest BCUT2D eigenvalue weighted by Crippen LogP contribution is -2.40. The molecular formula is C17H21N3O4. The molecule has 2 aromatic rings. The summed E-state index contributed by atoms with van der Waals surface area (Å²) in [6.07, 6.45) is 0.928. The fourth-order valence-corrected chi connectivity index (χ4v) is 2.98. The van der Waals surface area contributed by atoms with Crippen molar-refractivity contribution in [3.05, 3.63) is 47.9 Å². The van der Waals surface area contributed by atoms with Crippen LogP contribution in [-0.2, 0) is 6.54 Å². The van der Waals surface area contributed by atoms with Crippen molar-refractivity contribution >= 4 is 5.91 Å².